The fourth-order valence-corrected chi connectivity index (χ4v) is 4.95. The summed E-state index contributed by atoms with van der Waals surface area (Å²) in [6.45, 7) is 0.262. The zero-order valence-electron chi connectivity index (χ0n) is 20.6. The summed E-state index contributed by atoms with van der Waals surface area (Å²) >= 11 is 12.2. The van der Waals surface area contributed by atoms with E-state index in [2.05, 4.69) is 10.0 Å². The van der Waals surface area contributed by atoms with E-state index < -0.39 is 15.9 Å². The van der Waals surface area contributed by atoms with E-state index in [0.717, 1.165) is 11.3 Å². The Morgan fingerprint density at radius 2 is 1.58 bits per heavy atom. The molecule has 0 radical (unpaired) electrons. The van der Waals surface area contributed by atoms with Crippen LogP contribution in [-0.2, 0) is 16.6 Å². The van der Waals surface area contributed by atoms with E-state index in [1.807, 2.05) is 43.3 Å². The van der Waals surface area contributed by atoms with Gasteiger partial charge in [-0.1, -0.05) is 47.5 Å². The van der Waals surface area contributed by atoms with Crippen LogP contribution in [0.1, 0.15) is 15.9 Å². The lowest BCUT2D eigenvalue weighted by molar-refractivity contribution is 0.0952. The fraction of sp³-hybridized carbons (Fsp3) is 0.107. The van der Waals surface area contributed by atoms with E-state index in [-0.39, 0.29) is 22.7 Å². The molecule has 0 aliphatic rings. The summed E-state index contributed by atoms with van der Waals surface area (Å²) in [7, 11) is -0.128. The van der Waals surface area contributed by atoms with Crippen LogP contribution < -0.4 is 19.7 Å². The average molecular weight is 570 g/mol. The van der Waals surface area contributed by atoms with E-state index in [0.29, 0.717) is 21.5 Å². The lowest BCUT2D eigenvalue weighted by Gasteiger charge is -2.15. The van der Waals surface area contributed by atoms with Gasteiger partial charge in [-0.25, -0.2) is 8.42 Å². The number of para-hydroxylation sites is 1. The first kappa shape index (κ1) is 27.3. The lowest BCUT2D eigenvalue weighted by Crippen LogP contribution is -2.25. The largest absolute Gasteiger partial charge is 0.456 e. The molecule has 0 atom stereocenters. The van der Waals surface area contributed by atoms with Crippen molar-refractivity contribution in [2.24, 2.45) is 0 Å². The number of sulfonamides is 1. The van der Waals surface area contributed by atoms with E-state index in [4.69, 9.17) is 27.9 Å². The van der Waals surface area contributed by atoms with Crippen LogP contribution in [0.3, 0.4) is 0 Å². The second-order valence-corrected chi connectivity index (χ2v) is 11.1. The van der Waals surface area contributed by atoms with Crippen LogP contribution in [0.2, 0.25) is 10.0 Å². The SMILES string of the molecule is CN(C)c1ccc(CNC(=O)c2cc(Cl)ccc2NS(=O)(=O)c2ccc(Oc3ccccc3Cl)cc2)cc1. The van der Waals surface area contributed by atoms with Gasteiger partial charge in [0.2, 0.25) is 0 Å². The van der Waals surface area contributed by atoms with Crippen LogP contribution >= 0.6 is 23.2 Å². The molecule has 0 bridgehead atoms. The topological polar surface area (TPSA) is 87.7 Å². The maximum atomic E-state index is 13.1. The molecule has 0 fully saturated rings. The predicted molar refractivity (Wildman–Crippen MR) is 152 cm³/mol. The zero-order chi connectivity index (χ0) is 27.3. The number of rotatable bonds is 9. The molecule has 4 aromatic rings. The van der Waals surface area contributed by atoms with Gasteiger partial charge in [0.25, 0.3) is 15.9 Å². The summed E-state index contributed by atoms with van der Waals surface area (Å²) in [6.07, 6.45) is 0. The molecule has 2 N–H and O–H groups in total. The van der Waals surface area contributed by atoms with Crippen LogP contribution in [0.15, 0.2) is 95.9 Å². The minimum absolute atomic E-state index is 0.00806. The highest BCUT2D eigenvalue weighted by Gasteiger charge is 2.20. The number of benzene rings is 4. The molecule has 0 saturated carbocycles. The molecule has 0 heterocycles. The normalized spacial score (nSPS) is 11.1. The molecule has 4 rings (SSSR count). The number of anilines is 2. The Balaban J connectivity index is 1.48. The van der Waals surface area contributed by atoms with Crippen molar-refractivity contribution in [3.63, 3.8) is 0 Å². The first-order valence-corrected chi connectivity index (χ1v) is 13.8. The first-order valence-electron chi connectivity index (χ1n) is 11.5. The average Bonchev–Trinajstić information content (AvgIpc) is 2.90. The van der Waals surface area contributed by atoms with Crippen LogP contribution in [0.4, 0.5) is 11.4 Å². The van der Waals surface area contributed by atoms with Crippen molar-refractivity contribution in [2.45, 2.75) is 11.4 Å². The second kappa shape index (κ2) is 11.8. The quantitative estimate of drug-likeness (QED) is 0.237. The molecule has 0 aliphatic carbocycles. The van der Waals surface area contributed by atoms with E-state index in [1.165, 1.54) is 42.5 Å². The van der Waals surface area contributed by atoms with Crippen molar-refractivity contribution in [3.8, 4) is 11.5 Å². The van der Waals surface area contributed by atoms with Crippen LogP contribution in [-0.4, -0.2) is 28.4 Å². The van der Waals surface area contributed by atoms with E-state index in [1.54, 1.807) is 24.3 Å². The van der Waals surface area contributed by atoms with Crippen molar-refractivity contribution in [1.82, 2.24) is 5.32 Å². The third-order valence-electron chi connectivity index (χ3n) is 5.57. The van der Waals surface area contributed by atoms with Crippen LogP contribution in [0.25, 0.3) is 0 Å². The number of carbonyl (C=O) groups is 1. The molecule has 1 amide bonds. The van der Waals surface area contributed by atoms with Gasteiger partial charge in [0.05, 0.1) is 21.2 Å². The molecule has 10 heteroatoms. The van der Waals surface area contributed by atoms with Gasteiger partial charge in [0, 0.05) is 31.4 Å². The fourth-order valence-electron chi connectivity index (χ4n) is 3.53. The van der Waals surface area contributed by atoms with Gasteiger partial charge in [-0.05, 0) is 72.3 Å². The van der Waals surface area contributed by atoms with Crippen molar-refractivity contribution in [3.05, 3.63) is 112 Å². The Bertz CT molecular complexity index is 1540. The number of nitrogens with one attached hydrogen (secondary N) is 2. The number of carbonyl (C=O) groups excluding carboxylic acids is 1. The Labute approximate surface area is 232 Å². The zero-order valence-corrected chi connectivity index (χ0v) is 22.9. The highest BCUT2D eigenvalue weighted by atomic mass is 35.5. The maximum absolute atomic E-state index is 13.1. The van der Waals surface area contributed by atoms with Crippen molar-refractivity contribution < 1.29 is 17.9 Å². The number of halogens is 2. The van der Waals surface area contributed by atoms with Gasteiger partial charge in [-0.3, -0.25) is 9.52 Å². The Morgan fingerprint density at radius 3 is 2.24 bits per heavy atom. The highest BCUT2D eigenvalue weighted by molar-refractivity contribution is 7.92. The van der Waals surface area contributed by atoms with Gasteiger partial charge in [-0.2, -0.15) is 0 Å². The van der Waals surface area contributed by atoms with Crippen molar-refractivity contribution in [1.29, 1.82) is 0 Å². The second-order valence-electron chi connectivity index (χ2n) is 8.54. The first-order chi connectivity index (χ1) is 18.1. The number of ether oxygens (including phenoxy) is 1. The number of nitrogens with zero attached hydrogens (tertiary/aromatic N) is 1. The summed E-state index contributed by atoms with van der Waals surface area (Å²) in [5.41, 5.74) is 2.14. The molecule has 196 valence electrons. The van der Waals surface area contributed by atoms with Crippen LogP contribution in [0, 0.1) is 0 Å². The van der Waals surface area contributed by atoms with Gasteiger partial charge in [0.1, 0.15) is 11.5 Å². The van der Waals surface area contributed by atoms with Crippen molar-refractivity contribution >= 4 is 50.5 Å². The highest BCUT2D eigenvalue weighted by Crippen LogP contribution is 2.30. The lowest BCUT2D eigenvalue weighted by atomic mass is 10.1. The number of hydrogen-bond acceptors (Lipinski definition) is 5. The molecule has 7 nitrogen and oxygen atoms in total. The monoisotopic (exact) mass is 569 g/mol. The van der Waals surface area contributed by atoms with Crippen LogP contribution in [0.5, 0.6) is 11.5 Å². The molecule has 38 heavy (non-hydrogen) atoms. The standard InChI is InChI=1S/C28H25Cl2N3O4S/c1-33(2)21-10-7-19(8-11-21)18-31-28(34)24-17-20(29)9-16-26(24)32-38(35,36)23-14-12-22(13-15-23)37-27-6-4-3-5-25(27)30/h3-17,32H,18H2,1-2H3,(H,31,34). The minimum Gasteiger partial charge on any atom is -0.456 e. The Kier molecular flexibility index (Phi) is 8.46. The molecule has 0 unspecified atom stereocenters. The molecular formula is C28H25Cl2N3O4S. The van der Waals surface area contributed by atoms with Gasteiger partial charge in [0.15, 0.2) is 0 Å². The van der Waals surface area contributed by atoms with Gasteiger partial charge >= 0.3 is 0 Å². The summed E-state index contributed by atoms with van der Waals surface area (Å²) in [5.74, 6) is 0.404. The summed E-state index contributed by atoms with van der Waals surface area (Å²) in [5, 5.41) is 3.55. The van der Waals surface area contributed by atoms with Gasteiger partial charge < -0.3 is 15.0 Å². The number of amides is 1. The molecule has 0 saturated heterocycles. The molecule has 0 aromatic heterocycles. The van der Waals surface area contributed by atoms with E-state index in [9.17, 15) is 13.2 Å². The summed E-state index contributed by atoms with van der Waals surface area (Å²) in [6, 6.07) is 24.9. The summed E-state index contributed by atoms with van der Waals surface area (Å²) in [4.78, 5) is 15.0. The molecular weight excluding hydrogens is 545 g/mol. The summed E-state index contributed by atoms with van der Waals surface area (Å²) < 4.78 is 34.4. The van der Waals surface area contributed by atoms with Gasteiger partial charge in [-0.15, -0.1) is 0 Å². The minimum atomic E-state index is -4.02. The third kappa shape index (κ3) is 6.77. The Morgan fingerprint density at radius 1 is 0.895 bits per heavy atom. The molecule has 0 aliphatic heterocycles. The smallest absolute Gasteiger partial charge is 0.261 e. The molecule has 4 aromatic carbocycles. The molecule has 0 spiro atoms. The van der Waals surface area contributed by atoms with E-state index >= 15 is 0 Å². The maximum Gasteiger partial charge on any atom is 0.261 e. The van der Waals surface area contributed by atoms with Crippen molar-refractivity contribution in [2.75, 3.05) is 23.7 Å². The Hall–Kier alpha value is -3.72. The predicted octanol–water partition coefficient (Wildman–Crippen LogP) is 6.58. The third-order valence-corrected chi connectivity index (χ3v) is 7.50. The number of hydrogen-bond donors (Lipinski definition) is 2.